The lowest BCUT2D eigenvalue weighted by Gasteiger charge is -2.28. The fourth-order valence-corrected chi connectivity index (χ4v) is 1.69. The van der Waals surface area contributed by atoms with Gasteiger partial charge in [-0.2, -0.15) is 0 Å². The van der Waals surface area contributed by atoms with Crippen LogP contribution in [0.25, 0.3) is 0 Å². The first-order valence-corrected chi connectivity index (χ1v) is 5.47. The molecule has 0 bridgehead atoms. The Bertz CT molecular complexity index is 242. The van der Waals surface area contributed by atoms with Crippen LogP contribution in [0.1, 0.15) is 33.1 Å². The van der Waals surface area contributed by atoms with E-state index in [4.69, 9.17) is 5.11 Å². The highest BCUT2D eigenvalue weighted by Crippen LogP contribution is 2.23. The van der Waals surface area contributed by atoms with Crippen molar-refractivity contribution in [3.63, 3.8) is 0 Å². The summed E-state index contributed by atoms with van der Waals surface area (Å²) < 4.78 is 0. The molecule has 1 aliphatic rings. The topological polar surface area (TPSA) is 66.4 Å². The Labute approximate surface area is 90.0 Å². The summed E-state index contributed by atoms with van der Waals surface area (Å²) in [5.41, 5.74) is 0. The van der Waals surface area contributed by atoms with Gasteiger partial charge in [0.25, 0.3) is 0 Å². The van der Waals surface area contributed by atoms with Gasteiger partial charge in [-0.15, -0.1) is 0 Å². The zero-order valence-corrected chi connectivity index (χ0v) is 9.32. The highest BCUT2D eigenvalue weighted by Gasteiger charge is 2.33. The SMILES string of the molecule is CC(C)C(CCO)NC(=O)C1CC(=O)C1. The number of rotatable bonds is 5. The number of hydrogen-bond donors (Lipinski definition) is 2. The number of amides is 1. The van der Waals surface area contributed by atoms with Crippen molar-refractivity contribution in [2.24, 2.45) is 11.8 Å². The van der Waals surface area contributed by atoms with Crippen molar-refractivity contribution in [1.82, 2.24) is 5.32 Å². The Balaban J connectivity index is 2.37. The van der Waals surface area contributed by atoms with Gasteiger partial charge >= 0.3 is 0 Å². The Kier molecular flexibility index (Phi) is 4.27. The van der Waals surface area contributed by atoms with Crippen molar-refractivity contribution >= 4 is 11.7 Å². The van der Waals surface area contributed by atoms with E-state index in [9.17, 15) is 9.59 Å². The van der Waals surface area contributed by atoms with Crippen LogP contribution < -0.4 is 5.32 Å². The van der Waals surface area contributed by atoms with Gasteiger partial charge < -0.3 is 10.4 Å². The first-order valence-electron chi connectivity index (χ1n) is 5.47. The van der Waals surface area contributed by atoms with E-state index in [1.807, 2.05) is 13.8 Å². The van der Waals surface area contributed by atoms with Crippen LogP contribution in [-0.4, -0.2) is 29.4 Å². The molecule has 1 saturated carbocycles. The van der Waals surface area contributed by atoms with Crippen LogP contribution in [0.5, 0.6) is 0 Å². The maximum Gasteiger partial charge on any atom is 0.224 e. The summed E-state index contributed by atoms with van der Waals surface area (Å²) in [6.07, 6.45) is 1.34. The number of aliphatic hydroxyl groups excluding tert-OH is 1. The van der Waals surface area contributed by atoms with Crippen LogP contribution in [0.3, 0.4) is 0 Å². The van der Waals surface area contributed by atoms with Crippen molar-refractivity contribution in [2.75, 3.05) is 6.61 Å². The summed E-state index contributed by atoms with van der Waals surface area (Å²) in [5.74, 6) is 0.300. The number of carbonyl (C=O) groups is 2. The smallest absolute Gasteiger partial charge is 0.224 e. The Morgan fingerprint density at radius 3 is 2.53 bits per heavy atom. The van der Waals surface area contributed by atoms with Crippen molar-refractivity contribution < 1.29 is 14.7 Å². The maximum absolute atomic E-state index is 11.6. The molecule has 0 aromatic rings. The minimum Gasteiger partial charge on any atom is -0.396 e. The lowest BCUT2D eigenvalue weighted by Crippen LogP contribution is -2.46. The quantitative estimate of drug-likeness (QED) is 0.698. The highest BCUT2D eigenvalue weighted by molar-refractivity contribution is 5.96. The third kappa shape index (κ3) is 3.30. The van der Waals surface area contributed by atoms with Gasteiger partial charge in [-0.1, -0.05) is 13.8 Å². The average Bonchev–Trinajstić information content (AvgIpc) is 2.12. The second kappa shape index (κ2) is 5.26. The van der Waals surface area contributed by atoms with Crippen LogP contribution in [0.2, 0.25) is 0 Å². The maximum atomic E-state index is 11.6. The molecule has 15 heavy (non-hydrogen) atoms. The number of ketones is 1. The molecule has 0 aromatic heterocycles. The molecule has 1 atom stereocenters. The molecule has 4 nitrogen and oxygen atoms in total. The molecule has 2 N–H and O–H groups in total. The molecular weight excluding hydrogens is 194 g/mol. The van der Waals surface area contributed by atoms with Crippen LogP contribution in [0.15, 0.2) is 0 Å². The van der Waals surface area contributed by atoms with Crippen LogP contribution in [-0.2, 0) is 9.59 Å². The molecule has 0 spiro atoms. The molecule has 1 amide bonds. The van der Waals surface area contributed by atoms with E-state index in [-0.39, 0.29) is 30.3 Å². The monoisotopic (exact) mass is 213 g/mol. The minimum atomic E-state index is -0.127. The van der Waals surface area contributed by atoms with E-state index in [0.717, 1.165) is 0 Å². The molecule has 1 fully saturated rings. The fourth-order valence-electron chi connectivity index (χ4n) is 1.69. The predicted octanol–water partition coefficient (Wildman–Crippen LogP) is 0.489. The largest absolute Gasteiger partial charge is 0.396 e. The summed E-state index contributed by atoms with van der Waals surface area (Å²) in [6, 6.07) is 0.0122. The van der Waals surface area contributed by atoms with Crippen molar-refractivity contribution in [2.45, 2.75) is 39.2 Å². The average molecular weight is 213 g/mol. The fraction of sp³-hybridized carbons (Fsp3) is 0.818. The molecule has 1 aliphatic carbocycles. The zero-order chi connectivity index (χ0) is 11.4. The van der Waals surface area contributed by atoms with Crippen LogP contribution in [0, 0.1) is 11.8 Å². The van der Waals surface area contributed by atoms with Gasteiger partial charge in [-0.3, -0.25) is 9.59 Å². The molecule has 0 heterocycles. The summed E-state index contributed by atoms with van der Waals surface area (Å²) in [5, 5.41) is 11.7. The van der Waals surface area contributed by atoms with E-state index in [1.54, 1.807) is 0 Å². The molecule has 4 heteroatoms. The number of nitrogens with one attached hydrogen (secondary N) is 1. The second-order valence-electron chi connectivity index (χ2n) is 4.52. The third-order valence-electron chi connectivity index (χ3n) is 2.89. The minimum absolute atomic E-state index is 0.0122. The lowest BCUT2D eigenvalue weighted by molar-refractivity contribution is -0.138. The van der Waals surface area contributed by atoms with Gasteiger partial charge in [0.05, 0.1) is 5.92 Å². The number of carbonyl (C=O) groups excluding carboxylic acids is 2. The zero-order valence-electron chi connectivity index (χ0n) is 9.32. The summed E-state index contributed by atoms with van der Waals surface area (Å²) in [7, 11) is 0. The molecule has 86 valence electrons. The van der Waals surface area contributed by atoms with Gasteiger partial charge in [0.2, 0.25) is 5.91 Å². The van der Waals surface area contributed by atoms with Crippen molar-refractivity contribution in [3.8, 4) is 0 Å². The summed E-state index contributed by atoms with van der Waals surface area (Å²) in [6.45, 7) is 4.09. The molecule has 0 aliphatic heterocycles. The predicted molar refractivity (Wildman–Crippen MR) is 56.2 cm³/mol. The molecule has 1 unspecified atom stereocenters. The summed E-state index contributed by atoms with van der Waals surface area (Å²) in [4.78, 5) is 22.4. The standard InChI is InChI=1S/C11H19NO3/c1-7(2)10(3-4-13)12-11(15)8-5-9(14)6-8/h7-8,10,13H,3-6H2,1-2H3,(H,12,15). The number of hydrogen-bond acceptors (Lipinski definition) is 3. The van der Waals surface area contributed by atoms with Gasteiger partial charge in [0.1, 0.15) is 5.78 Å². The molecule has 0 aromatic carbocycles. The van der Waals surface area contributed by atoms with E-state index in [2.05, 4.69) is 5.32 Å². The van der Waals surface area contributed by atoms with E-state index in [1.165, 1.54) is 0 Å². The Morgan fingerprint density at radius 2 is 2.13 bits per heavy atom. The molecule has 0 saturated heterocycles. The number of Topliss-reactive ketones (excluding diaryl/α,β-unsaturated/α-hetero) is 1. The van der Waals surface area contributed by atoms with E-state index in [0.29, 0.717) is 25.2 Å². The molecule has 1 rings (SSSR count). The van der Waals surface area contributed by atoms with Crippen LogP contribution >= 0.6 is 0 Å². The van der Waals surface area contributed by atoms with E-state index >= 15 is 0 Å². The van der Waals surface area contributed by atoms with Crippen molar-refractivity contribution in [1.29, 1.82) is 0 Å². The van der Waals surface area contributed by atoms with Crippen molar-refractivity contribution in [3.05, 3.63) is 0 Å². The lowest BCUT2D eigenvalue weighted by atomic mass is 9.83. The van der Waals surface area contributed by atoms with Crippen LogP contribution in [0.4, 0.5) is 0 Å². The Morgan fingerprint density at radius 1 is 1.53 bits per heavy atom. The number of aliphatic hydroxyl groups is 1. The van der Waals surface area contributed by atoms with Gasteiger partial charge in [0, 0.05) is 25.5 Å². The first-order chi connectivity index (χ1) is 7.04. The third-order valence-corrected chi connectivity index (χ3v) is 2.89. The normalized spacial score (nSPS) is 18.8. The molecule has 0 radical (unpaired) electrons. The highest BCUT2D eigenvalue weighted by atomic mass is 16.3. The van der Waals surface area contributed by atoms with Gasteiger partial charge in [0.15, 0.2) is 0 Å². The second-order valence-corrected chi connectivity index (χ2v) is 4.52. The summed E-state index contributed by atoms with van der Waals surface area (Å²) >= 11 is 0. The first kappa shape index (κ1) is 12.2. The van der Waals surface area contributed by atoms with Gasteiger partial charge in [-0.25, -0.2) is 0 Å². The van der Waals surface area contributed by atoms with Gasteiger partial charge in [-0.05, 0) is 12.3 Å². The molecular formula is C11H19NO3. The Hall–Kier alpha value is -0.900. The van der Waals surface area contributed by atoms with E-state index < -0.39 is 0 Å².